The molecule has 10 heteroatoms. The molecule has 0 spiro atoms. The van der Waals surface area contributed by atoms with Crippen LogP contribution in [0.3, 0.4) is 0 Å². The van der Waals surface area contributed by atoms with E-state index in [0.29, 0.717) is 58.5 Å². The second-order valence-electron chi connectivity index (χ2n) is 9.49. The third kappa shape index (κ3) is 4.64. The van der Waals surface area contributed by atoms with Crippen LogP contribution in [0.25, 0.3) is 16.6 Å². The molecular weight excluding hydrogens is 488 g/mol. The summed E-state index contributed by atoms with van der Waals surface area (Å²) in [6.07, 6.45) is 3.90. The van der Waals surface area contributed by atoms with Crippen LogP contribution in [0.2, 0.25) is 5.02 Å². The van der Waals surface area contributed by atoms with E-state index in [9.17, 15) is 13.2 Å². The van der Waals surface area contributed by atoms with Crippen molar-refractivity contribution in [2.45, 2.75) is 38.2 Å². The van der Waals surface area contributed by atoms with E-state index < -0.39 is 10.0 Å². The molecule has 1 saturated carbocycles. The molecule has 2 heterocycles. The van der Waals surface area contributed by atoms with Crippen molar-refractivity contribution in [2.75, 3.05) is 30.8 Å². The summed E-state index contributed by atoms with van der Waals surface area (Å²) < 4.78 is 34.6. The zero-order valence-corrected chi connectivity index (χ0v) is 21.6. The number of amides is 1. The SMILES string of the molecule is CNC(=O)c1c2cc(C3CC3)c(N(CCC3OCC3C)S(C)(=O)=O)cc2nn1-c1ccc(Cl)cc1. The van der Waals surface area contributed by atoms with Gasteiger partial charge in [0.15, 0.2) is 0 Å². The highest BCUT2D eigenvalue weighted by Crippen LogP contribution is 2.47. The number of benzene rings is 2. The van der Waals surface area contributed by atoms with Crippen molar-refractivity contribution in [3.05, 3.63) is 52.7 Å². The van der Waals surface area contributed by atoms with Crippen LogP contribution in [0.5, 0.6) is 0 Å². The van der Waals surface area contributed by atoms with E-state index in [-0.39, 0.29) is 17.9 Å². The molecule has 2 aliphatic rings. The Balaban J connectivity index is 1.66. The number of hydrogen-bond donors (Lipinski definition) is 1. The molecule has 2 aromatic carbocycles. The van der Waals surface area contributed by atoms with Crippen LogP contribution in [-0.4, -0.2) is 56.7 Å². The first-order chi connectivity index (χ1) is 16.7. The number of sulfonamides is 1. The van der Waals surface area contributed by atoms with Gasteiger partial charge in [-0.1, -0.05) is 18.5 Å². The maximum Gasteiger partial charge on any atom is 0.270 e. The van der Waals surface area contributed by atoms with Crippen molar-refractivity contribution in [1.29, 1.82) is 0 Å². The Bertz CT molecular complexity index is 1380. The van der Waals surface area contributed by atoms with Crippen molar-refractivity contribution in [2.24, 2.45) is 5.92 Å². The summed E-state index contributed by atoms with van der Waals surface area (Å²) >= 11 is 6.06. The van der Waals surface area contributed by atoms with E-state index in [1.165, 1.54) is 10.6 Å². The maximum absolute atomic E-state index is 13.0. The quantitative estimate of drug-likeness (QED) is 0.486. The van der Waals surface area contributed by atoms with Crippen LogP contribution in [0, 0.1) is 5.92 Å². The summed E-state index contributed by atoms with van der Waals surface area (Å²) in [5, 5.41) is 8.71. The second-order valence-corrected chi connectivity index (χ2v) is 11.8. The van der Waals surface area contributed by atoms with Crippen molar-refractivity contribution in [3.63, 3.8) is 0 Å². The zero-order chi connectivity index (χ0) is 24.9. The Morgan fingerprint density at radius 2 is 1.97 bits per heavy atom. The number of carbonyl (C=O) groups excluding carboxylic acids is 1. The fourth-order valence-electron chi connectivity index (χ4n) is 4.68. The largest absolute Gasteiger partial charge is 0.377 e. The molecule has 5 rings (SSSR count). The lowest BCUT2D eigenvalue weighted by molar-refractivity contribution is -0.107. The molecule has 1 amide bonds. The molecule has 2 unspecified atom stereocenters. The van der Waals surface area contributed by atoms with Gasteiger partial charge in [-0.15, -0.1) is 0 Å². The monoisotopic (exact) mass is 516 g/mol. The summed E-state index contributed by atoms with van der Waals surface area (Å²) in [4.78, 5) is 13.0. The Morgan fingerprint density at radius 3 is 2.51 bits per heavy atom. The Labute approximate surface area is 210 Å². The molecule has 0 bridgehead atoms. The summed E-state index contributed by atoms with van der Waals surface area (Å²) in [5.41, 5.74) is 3.22. The van der Waals surface area contributed by atoms with Crippen LogP contribution in [0.4, 0.5) is 5.69 Å². The number of anilines is 1. The molecule has 2 fully saturated rings. The van der Waals surface area contributed by atoms with Gasteiger partial charge < -0.3 is 10.1 Å². The van der Waals surface area contributed by atoms with E-state index in [1.54, 1.807) is 36.0 Å². The molecule has 3 aromatic rings. The van der Waals surface area contributed by atoms with Gasteiger partial charge >= 0.3 is 0 Å². The summed E-state index contributed by atoms with van der Waals surface area (Å²) in [6, 6.07) is 10.8. The van der Waals surface area contributed by atoms with Gasteiger partial charge in [0.25, 0.3) is 5.91 Å². The molecule has 2 atom stereocenters. The molecule has 1 saturated heterocycles. The zero-order valence-electron chi connectivity index (χ0n) is 20.0. The highest BCUT2D eigenvalue weighted by Gasteiger charge is 2.34. The maximum atomic E-state index is 13.0. The molecule has 35 heavy (non-hydrogen) atoms. The minimum absolute atomic E-state index is 0.0660. The van der Waals surface area contributed by atoms with Gasteiger partial charge in [0.2, 0.25) is 10.0 Å². The van der Waals surface area contributed by atoms with Crippen LogP contribution < -0.4 is 9.62 Å². The number of rotatable bonds is 8. The predicted molar refractivity (Wildman–Crippen MR) is 137 cm³/mol. The van der Waals surface area contributed by atoms with Crippen LogP contribution in [-0.2, 0) is 14.8 Å². The Morgan fingerprint density at radius 1 is 1.26 bits per heavy atom. The molecule has 1 aliphatic carbocycles. The molecule has 8 nitrogen and oxygen atoms in total. The number of fused-ring (bicyclic) bond motifs is 1. The van der Waals surface area contributed by atoms with E-state index in [4.69, 9.17) is 21.4 Å². The minimum atomic E-state index is -3.54. The number of ether oxygens (including phenoxy) is 1. The predicted octanol–water partition coefficient (Wildman–Crippen LogP) is 4.11. The molecule has 1 aromatic heterocycles. The van der Waals surface area contributed by atoms with E-state index in [0.717, 1.165) is 18.4 Å². The fourth-order valence-corrected chi connectivity index (χ4v) is 5.76. The average molecular weight is 517 g/mol. The second kappa shape index (κ2) is 9.11. The lowest BCUT2D eigenvalue weighted by atomic mass is 9.97. The Kier molecular flexibility index (Phi) is 6.27. The normalized spacial score (nSPS) is 20.0. The molecule has 1 N–H and O–H groups in total. The lowest BCUT2D eigenvalue weighted by Gasteiger charge is -2.36. The third-order valence-corrected chi connectivity index (χ3v) is 8.28. The topological polar surface area (TPSA) is 93.5 Å². The highest BCUT2D eigenvalue weighted by atomic mass is 35.5. The van der Waals surface area contributed by atoms with Crippen molar-refractivity contribution < 1.29 is 17.9 Å². The van der Waals surface area contributed by atoms with E-state index in [1.807, 2.05) is 12.1 Å². The summed E-state index contributed by atoms with van der Waals surface area (Å²) in [7, 11) is -1.96. The smallest absolute Gasteiger partial charge is 0.270 e. The van der Waals surface area contributed by atoms with Crippen molar-refractivity contribution in [3.8, 4) is 5.69 Å². The molecule has 186 valence electrons. The number of aromatic nitrogens is 2. The summed E-state index contributed by atoms with van der Waals surface area (Å²) in [6.45, 7) is 3.16. The van der Waals surface area contributed by atoms with Crippen LogP contribution in [0.15, 0.2) is 36.4 Å². The minimum Gasteiger partial charge on any atom is -0.377 e. The number of nitrogens with one attached hydrogen (secondary N) is 1. The summed E-state index contributed by atoms with van der Waals surface area (Å²) in [5.74, 6) is 0.411. The van der Waals surface area contributed by atoms with Crippen molar-refractivity contribution in [1.82, 2.24) is 15.1 Å². The van der Waals surface area contributed by atoms with E-state index in [2.05, 4.69) is 12.2 Å². The first-order valence-corrected chi connectivity index (χ1v) is 14.0. The number of nitrogens with zero attached hydrogens (tertiary/aromatic N) is 3. The molecule has 0 radical (unpaired) electrons. The number of hydrogen-bond acceptors (Lipinski definition) is 5. The van der Waals surface area contributed by atoms with Crippen LogP contribution >= 0.6 is 11.6 Å². The average Bonchev–Trinajstić information content (AvgIpc) is 3.59. The van der Waals surface area contributed by atoms with Crippen molar-refractivity contribution >= 4 is 44.1 Å². The molecule has 1 aliphatic heterocycles. The number of carbonyl (C=O) groups is 1. The third-order valence-electron chi connectivity index (χ3n) is 6.84. The number of halogens is 1. The van der Waals surface area contributed by atoms with Gasteiger partial charge in [-0.3, -0.25) is 9.10 Å². The Hall–Kier alpha value is -2.62. The van der Waals surface area contributed by atoms with Crippen LogP contribution in [0.1, 0.15) is 48.2 Å². The van der Waals surface area contributed by atoms with E-state index >= 15 is 0 Å². The van der Waals surface area contributed by atoms with Gasteiger partial charge in [0, 0.05) is 29.9 Å². The van der Waals surface area contributed by atoms with Gasteiger partial charge in [-0.25, -0.2) is 13.1 Å². The standard InChI is InChI=1S/C25H29ClN4O4S/c1-15-14-34-23(15)10-11-29(35(3,32)33)22-13-21-20(12-19(22)16-4-5-16)24(25(31)27-2)30(28-21)18-8-6-17(26)7-9-18/h6-9,12-13,15-16,23H,4-5,10-11,14H2,1-3H3,(H,27,31). The highest BCUT2D eigenvalue weighted by molar-refractivity contribution is 7.92. The lowest BCUT2D eigenvalue weighted by Crippen LogP contribution is -2.41. The first-order valence-electron chi connectivity index (χ1n) is 11.8. The van der Waals surface area contributed by atoms with Gasteiger partial charge in [0.05, 0.1) is 35.9 Å². The first kappa shape index (κ1) is 24.1. The van der Waals surface area contributed by atoms with Gasteiger partial charge in [-0.2, -0.15) is 5.10 Å². The van der Waals surface area contributed by atoms with Gasteiger partial charge in [0.1, 0.15) is 5.69 Å². The molecular formula is C25H29ClN4O4S. The van der Waals surface area contributed by atoms with Gasteiger partial charge in [-0.05, 0) is 67.1 Å². The fraction of sp³-hybridized carbons (Fsp3) is 0.440.